The van der Waals surface area contributed by atoms with Crippen LogP contribution in [0.15, 0.2) is 24.3 Å². The molecule has 23 heavy (non-hydrogen) atoms. The number of nitrogens with zero attached hydrogens (tertiary/aromatic N) is 2. The van der Waals surface area contributed by atoms with Gasteiger partial charge in [0.25, 0.3) is 0 Å². The summed E-state index contributed by atoms with van der Waals surface area (Å²) < 4.78 is 5.41. The van der Waals surface area contributed by atoms with Crippen molar-refractivity contribution in [3.8, 4) is 0 Å². The Kier molecular flexibility index (Phi) is 4.63. The number of amides is 1. The molecular weight excluding hydrogens is 296 g/mol. The number of carboxylic acids is 1. The van der Waals surface area contributed by atoms with Crippen LogP contribution in [0, 0.1) is 5.92 Å². The quantitative estimate of drug-likeness (QED) is 0.887. The second-order valence-corrected chi connectivity index (χ2v) is 6.34. The number of hydrogen-bond donors (Lipinski definition) is 1. The average Bonchev–Trinajstić information content (AvgIpc) is 3.17. The molecule has 2 fully saturated rings. The molecule has 1 aromatic rings. The van der Waals surface area contributed by atoms with Gasteiger partial charge < -0.3 is 14.7 Å². The fourth-order valence-electron chi connectivity index (χ4n) is 3.19. The summed E-state index contributed by atoms with van der Waals surface area (Å²) >= 11 is 0. The molecule has 1 unspecified atom stereocenters. The van der Waals surface area contributed by atoms with Gasteiger partial charge in [-0.1, -0.05) is 12.1 Å². The highest BCUT2D eigenvalue weighted by Gasteiger charge is 2.34. The van der Waals surface area contributed by atoms with E-state index >= 15 is 0 Å². The third-order valence-corrected chi connectivity index (χ3v) is 4.68. The van der Waals surface area contributed by atoms with Crippen molar-refractivity contribution in [1.29, 1.82) is 0 Å². The highest BCUT2D eigenvalue weighted by atomic mass is 16.5. The van der Waals surface area contributed by atoms with Crippen LogP contribution in [0.5, 0.6) is 0 Å². The van der Waals surface area contributed by atoms with Gasteiger partial charge in [0, 0.05) is 37.8 Å². The van der Waals surface area contributed by atoms with Gasteiger partial charge in [0.05, 0.1) is 12.5 Å². The van der Waals surface area contributed by atoms with Crippen LogP contribution >= 0.6 is 0 Å². The van der Waals surface area contributed by atoms with Crippen molar-refractivity contribution in [2.24, 2.45) is 5.92 Å². The number of carbonyl (C=O) groups excluding carboxylic acids is 1. The van der Waals surface area contributed by atoms with Gasteiger partial charge in [-0.3, -0.25) is 14.5 Å². The summed E-state index contributed by atoms with van der Waals surface area (Å²) in [4.78, 5) is 26.8. The minimum atomic E-state index is -0.905. The molecule has 3 rings (SSSR count). The molecular formula is C17H22N2O4. The van der Waals surface area contributed by atoms with Crippen LogP contribution < -0.4 is 4.90 Å². The maximum Gasteiger partial charge on any atom is 0.308 e. The Labute approximate surface area is 135 Å². The molecule has 0 radical (unpaired) electrons. The molecule has 0 spiro atoms. The maximum atomic E-state index is 12.0. The number of anilines is 1. The fraction of sp³-hybridized carbons (Fsp3) is 0.529. The van der Waals surface area contributed by atoms with E-state index in [2.05, 4.69) is 11.9 Å². The van der Waals surface area contributed by atoms with E-state index in [-0.39, 0.29) is 18.9 Å². The zero-order valence-corrected chi connectivity index (χ0v) is 13.3. The zero-order chi connectivity index (χ0) is 16.4. The Morgan fingerprint density at radius 3 is 2.70 bits per heavy atom. The summed E-state index contributed by atoms with van der Waals surface area (Å²) in [6.07, 6.45) is 1.15. The first-order chi connectivity index (χ1) is 11.0. The average molecular weight is 318 g/mol. The Morgan fingerprint density at radius 2 is 2.13 bits per heavy atom. The number of benzene rings is 1. The van der Waals surface area contributed by atoms with E-state index < -0.39 is 11.9 Å². The maximum absolute atomic E-state index is 12.0. The fourth-order valence-corrected chi connectivity index (χ4v) is 3.19. The second-order valence-electron chi connectivity index (χ2n) is 6.34. The Balaban J connectivity index is 1.63. The van der Waals surface area contributed by atoms with Crippen LogP contribution in [0.2, 0.25) is 0 Å². The van der Waals surface area contributed by atoms with Gasteiger partial charge in [-0.25, -0.2) is 0 Å². The van der Waals surface area contributed by atoms with E-state index in [1.165, 1.54) is 5.56 Å². The molecule has 1 aromatic carbocycles. The SMILES string of the molecule is CN(Cc1ccc(N2C[C@@H](C(=O)O)CC2=O)cc1)C1CCOC1. The van der Waals surface area contributed by atoms with Gasteiger partial charge >= 0.3 is 5.97 Å². The molecule has 2 saturated heterocycles. The summed E-state index contributed by atoms with van der Waals surface area (Å²) in [5.74, 6) is -1.63. The lowest BCUT2D eigenvalue weighted by atomic mass is 10.1. The standard InChI is InChI=1S/C17H22N2O4/c1-18(15-6-7-23-11-15)9-12-2-4-14(5-3-12)19-10-13(17(21)22)8-16(19)20/h2-5,13,15H,6-11H2,1H3,(H,21,22)/t13-,15?/m0/s1. The summed E-state index contributed by atoms with van der Waals surface area (Å²) in [7, 11) is 2.09. The molecule has 0 saturated carbocycles. The van der Waals surface area contributed by atoms with Gasteiger partial charge in [-0.05, 0) is 31.2 Å². The number of aliphatic carboxylic acids is 1. The van der Waals surface area contributed by atoms with E-state index in [1.807, 2.05) is 24.3 Å². The van der Waals surface area contributed by atoms with Gasteiger partial charge in [-0.15, -0.1) is 0 Å². The zero-order valence-electron chi connectivity index (χ0n) is 13.3. The molecule has 6 nitrogen and oxygen atoms in total. The van der Waals surface area contributed by atoms with Crippen LogP contribution in [-0.2, 0) is 20.9 Å². The molecule has 0 aromatic heterocycles. The van der Waals surface area contributed by atoms with Crippen molar-refractivity contribution in [2.75, 3.05) is 31.7 Å². The Bertz CT molecular complexity index is 581. The minimum Gasteiger partial charge on any atom is -0.481 e. The van der Waals surface area contributed by atoms with Gasteiger partial charge in [0.1, 0.15) is 0 Å². The second kappa shape index (κ2) is 6.68. The number of carbonyl (C=O) groups is 2. The third-order valence-electron chi connectivity index (χ3n) is 4.68. The molecule has 6 heteroatoms. The molecule has 0 bridgehead atoms. The molecule has 2 aliphatic rings. The molecule has 2 heterocycles. The first kappa shape index (κ1) is 16.0. The van der Waals surface area contributed by atoms with E-state index in [0.717, 1.165) is 31.9 Å². The number of hydrogen-bond acceptors (Lipinski definition) is 4. The normalized spacial score (nSPS) is 24.6. The van der Waals surface area contributed by atoms with Crippen molar-refractivity contribution < 1.29 is 19.4 Å². The van der Waals surface area contributed by atoms with E-state index in [4.69, 9.17) is 9.84 Å². The predicted octanol–water partition coefficient (Wildman–Crippen LogP) is 1.34. The molecule has 1 N–H and O–H groups in total. The lowest BCUT2D eigenvalue weighted by Crippen LogP contribution is -2.31. The van der Waals surface area contributed by atoms with E-state index in [0.29, 0.717) is 6.04 Å². The highest BCUT2D eigenvalue weighted by molar-refractivity contribution is 5.99. The number of ether oxygens (including phenoxy) is 1. The third kappa shape index (κ3) is 3.54. The van der Waals surface area contributed by atoms with Crippen LogP contribution in [0.1, 0.15) is 18.4 Å². The molecule has 0 aliphatic carbocycles. The van der Waals surface area contributed by atoms with Crippen molar-refractivity contribution in [2.45, 2.75) is 25.4 Å². The van der Waals surface area contributed by atoms with Crippen LogP contribution in [0.3, 0.4) is 0 Å². The number of carboxylic acid groups (broad SMARTS) is 1. The minimum absolute atomic E-state index is 0.0848. The largest absolute Gasteiger partial charge is 0.481 e. The Morgan fingerprint density at radius 1 is 1.39 bits per heavy atom. The molecule has 124 valence electrons. The first-order valence-corrected chi connectivity index (χ1v) is 7.94. The van der Waals surface area contributed by atoms with Crippen molar-refractivity contribution in [3.05, 3.63) is 29.8 Å². The molecule has 1 amide bonds. The van der Waals surface area contributed by atoms with Crippen LogP contribution in [0.25, 0.3) is 0 Å². The summed E-state index contributed by atoms with van der Waals surface area (Å²) in [5.41, 5.74) is 1.94. The lowest BCUT2D eigenvalue weighted by Gasteiger charge is -2.23. The van der Waals surface area contributed by atoms with Crippen LogP contribution in [-0.4, -0.2) is 54.7 Å². The summed E-state index contributed by atoms with van der Waals surface area (Å²) in [6.45, 7) is 2.70. The monoisotopic (exact) mass is 318 g/mol. The first-order valence-electron chi connectivity index (χ1n) is 7.94. The molecule has 2 aliphatic heterocycles. The Hall–Kier alpha value is -1.92. The predicted molar refractivity (Wildman–Crippen MR) is 85.2 cm³/mol. The van der Waals surface area contributed by atoms with Gasteiger partial charge in [-0.2, -0.15) is 0 Å². The van der Waals surface area contributed by atoms with Crippen molar-refractivity contribution in [3.63, 3.8) is 0 Å². The number of likely N-dealkylation sites (N-methyl/N-ethyl adjacent to an activating group) is 1. The van der Waals surface area contributed by atoms with Gasteiger partial charge in [0.15, 0.2) is 0 Å². The smallest absolute Gasteiger partial charge is 0.308 e. The summed E-state index contributed by atoms with van der Waals surface area (Å²) in [6, 6.07) is 8.27. The summed E-state index contributed by atoms with van der Waals surface area (Å²) in [5, 5.41) is 9.05. The van der Waals surface area contributed by atoms with Crippen molar-refractivity contribution in [1.82, 2.24) is 4.90 Å². The van der Waals surface area contributed by atoms with E-state index in [9.17, 15) is 9.59 Å². The van der Waals surface area contributed by atoms with E-state index in [1.54, 1.807) is 4.90 Å². The molecule has 2 atom stereocenters. The topological polar surface area (TPSA) is 70.1 Å². The van der Waals surface area contributed by atoms with Gasteiger partial charge in [0.2, 0.25) is 5.91 Å². The number of rotatable bonds is 5. The highest BCUT2D eigenvalue weighted by Crippen LogP contribution is 2.26. The van der Waals surface area contributed by atoms with Crippen molar-refractivity contribution >= 4 is 17.6 Å². The van der Waals surface area contributed by atoms with Crippen LogP contribution in [0.4, 0.5) is 5.69 Å². The lowest BCUT2D eigenvalue weighted by molar-refractivity contribution is -0.141.